The van der Waals surface area contributed by atoms with Crippen LogP contribution >= 0.6 is 12.2 Å². The molecule has 0 unspecified atom stereocenters. The lowest BCUT2D eigenvalue weighted by molar-refractivity contribution is -0.116. The molecule has 0 aliphatic rings. The number of nitrogens with zero attached hydrogens (tertiary/aromatic N) is 4. The lowest BCUT2D eigenvalue weighted by Gasteiger charge is -2.10. The maximum atomic E-state index is 12.4. The number of pyridine rings is 1. The third-order valence-electron chi connectivity index (χ3n) is 4.99. The number of aryl methyl sites for hydroxylation is 2. The number of rotatable bonds is 7. The van der Waals surface area contributed by atoms with Crippen molar-refractivity contribution in [3.05, 3.63) is 83.4 Å². The quantitative estimate of drug-likeness (QED) is 0.413. The van der Waals surface area contributed by atoms with E-state index in [4.69, 9.17) is 22.1 Å². The number of amides is 1. The molecule has 32 heavy (non-hydrogen) atoms. The van der Waals surface area contributed by atoms with Gasteiger partial charge in [0.15, 0.2) is 5.82 Å². The Labute approximate surface area is 191 Å². The summed E-state index contributed by atoms with van der Waals surface area (Å²) in [5.41, 5.74) is 3.57. The molecule has 1 N–H and O–H groups in total. The molecule has 162 valence electrons. The van der Waals surface area contributed by atoms with Gasteiger partial charge in [-0.1, -0.05) is 29.8 Å². The van der Waals surface area contributed by atoms with Gasteiger partial charge in [-0.05, 0) is 55.5 Å². The molecule has 2 aromatic carbocycles. The number of carbonyl (C=O) groups excluding carboxylic acids is 1. The largest absolute Gasteiger partial charge is 0.496 e. The minimum Gasteiger partial charge on any atom is -0.496 e. The first-order valence-electron chi connectivity index (χ1n) is 10.2. The van der Waals surface area contributed by atoms with Crippen LogP contribution in [0.4, 0.5) is 5.69 Å². The number of aromatic nitrogens is 4. The molecule has 0 aliphatic carbocycles. The van der Waals surface area contributed by atoms with E-state index in [1.807, 2.05) is 60.0 Å². The summed E-state index contributed by atoms with van der Waals surface area (Å²) in [6, 6.07) is 19.2. The maximum absolute atomic E-state index is 12.4. The zero-order valence-electron chi connectivity index (χ0n) is 17.9. The van der Waals surface area contributed by atoms with Crippen molar-refractivity contribution >= 4 is 23.8 Å². The van der Waals surface area contributed by atoms with Crippen LogP contribution in [-0.2, 0) is 11.3 Å². The fourth-order valence-electron chi connectivity index (χ4n) is 3.35. The first-order chi connectivity index (χ1) is 15.6. The molecule has 0 saturated heterocycles. The van der Waals surface area contributed by atoms with Gasteiger partial charge in [0.25, 0.3) is 0 Å². The molecule has 1 amide bonds. The average Bonchev–Trinajstić information content (AvgIpc) is 3.15. The van der Waals surface area contributed by atoms with Crippen LogP contribution in [0.5, 0.6) is 5.75 Å². The Balaban J connectivity index is 1.68. The number of nitrogens with one attached hydrogen (secondary N) is 1. The van der Waals surface area contributed by atoms with E-state index >= 15 is 0 Å². The number of para-hydroxylation sites is 1. The van der Waals surface area contributed by atoms with Crippen molar-refractivity contribution in [2.45, 2.75) is 19.9 Å². The van der Waals surface area contributed by atoms with Crippen LogP contribution in [0.1, 0.15) is 12.0 Å². The zero-order chi connectivity index (χ0) is 22.5. The highest BCUT2D eigenvalue weighted by atomic mass is 32.1. The summed E-state index contributed by atoms with van der Waals surface area (Å²) < 4.78 is 9.66. The highest BCUT2D eigenvalue weighted by Crippen LogP contribution is 2.30. The van der Waals surface area contributed by atoms with E-state index in [0.29, 0.717) is 28.6 Å². The molecule has 2 aromatic heterocycles. The SMILES string of the molecule is COc1ccccc1-c1nn(CCC(=O)Nc2ccncc2)c(=S)n1-c1ccc(C)cc1. The number of hydrogen-bond acceptors (Lipinski definition) is 5. The fourth-order valence-corrected chi connectivity index (χ4v) is 3.67. The van der Waals surface area contributed by atoms with Crippen LogP contribution in [0.2, 0.25) is 0 Å². The molecule has 0 spiro atoms. The predicted molar refractivity (Wildman–Crippen MR) is 127 cm³/mol. The normalized spacial score (nSPS) is 10.7. The van der Waals surface area contributed by atoms with Crippen molar-refractivity contribution in [1.29, 1.82) is 0 Å². The van der Waals surface area contributed by atoms with Gasteiger partial charge >= 0.3 is 0 Å². The van der Waals surface area contributed by atoms with Gasteiger partial charge in [0.2, 0.25) is 10.7 Å². The zero-order valence-corrected chi connectivity index (χ0v) is 18.7. The first kappa shape index (κ1) is 21.5. The number of carbonyl (C=O) groups is 1. The van der Waals surface area contributed by atoms with E-state index in [9.17, 15) is 4.79 Å². The number of anilines is 1. The van der Waals surface area contributed by atoms with Crippen molar-refractivity contribution in [3.8, 4) is 22.8 Å². The summed E-state index contributed by atoms with van der Waals surface area (Å²) in [4.78, 5) is 16.4. The number of benzene rings is 2. The predicted octanol–water partition coefficient (Wildman–Crippen LogP) is 4.81. The second kappa shape index (κ2) is 9.57. The third kappa shape index (κ3) is 4.60. The molecular weight excluding hydrogens is 422 g/mol. The Bertz CT molecular complexity index is 1280. The van der Waals surface area contributed by atoms with Crippen LogP contribution in [0.15, 0.2) is 73.1 Å². The highest BCUT2D eigenvalue weighted by Gasteiger charge is 2.18. The molecule has 8 heteroatoms. The second-order valence-electron chi connectivity index (χ2n) is 7.23. The number of methoxy groups -OCH3 is 1. The molecule has 7 nitrogen and oxygen atoms in total. The minimum atomic E-state index is -0.123. The topological polar surface area (TPSA) is 74.0 Å². The van der Waals surface area contributed by atoms with E-state index in [0.717, 1.165) is 16.8 Å². The molecule has 0 fully saturated rings. The monoisotopic (exact) mass is 445 g/mol. The molecule has 0 saturated carbocycles. The molecule has 0 radical (unpaired) electrons. The highest BCUT2D eigenvalue weighted by molar-refractivity contribution is 7.71. The molecular formula is C24H23N5O2S. The summed E-state index contributed by atoms with van der Waals surface area (Å²) in [5, 5.41) is 7.63. The molecule has 2 heterocycles. The van der Waals surface area contributed by atoms with E-state index in [2.05, 4.69) is 10.3 Å². The first-order valence-corrected chi connectivity index (χ1v) is 10.6. The molecule has 0 atom stereocenters. The van der Waals surface area contributed by atoms with Gasteiger partial charge in [0, 0.05) is 30.2 Å². The molecule has 0 aliphatic heterocycles. The van der Waals surface area contributed by atoms with Gasteiger partial charge in [-0.2, -0.15) is 5.10 Å². The average molecular weight is 446 g/mol. The van der Waals surface area contributed by atoms with Crippen molar-refractivity contribution in [1.82, 2.24) is 19.3 Å². The van der Waals surface area contributed by atoms with E-state index in [-0.39, 0.29) is 12.3 Å². The van der Waals surface area contributed by atoms with E-state index in [1.54, 1.807) is 36.3 Å². The minimum absolute atomic E-state index is 0.123. The van der Waals surface area contributed by atoms with Crippen LogP contribution in [0, 0.1) is 11.7 Å². The lowest BCUT2D eigenvalue weighted by atomic mass is 10.1. The van der Waals surface area contributed by atoms with Crippen LogP contribution in [-0.4, -0.2) is 32.3 Å². The maximum Gasteiger partial charge on any atom is 0.226 e. The summed E-state index contributed by atoms with van der Waals surface area (Å²) in [5.74, 6) is 1.23. The Morgan fingerprint density at radius 1 is 1.06 bits per heavy atom. The fraction of sp³-hybridized carbons (Fsp3) is 0.167. The Hall–Kier alpha value is -3.78. The lowest BCUT2D eigenvalue weighted by Crippen LogP contribution is -2.15. The Morgan fingerprint density at radius 3 is 2.50 bits per heavy atom. The number of hydrogen-bond donors (Lipinski definition) is 1. The summed E-state index contributed by atoms with van der Waals surface area (Å²) in [6.07, 6.45) is 3.50. The molecule has 4 rings (SSSR count). The van der Waals surface area contributed by atoms with Crippen LogP contribution in [0.3, 0.4) is 0 Å². The molecule has 4 aromatic rings. The van der Waals surface area contributed by atoms with E-state index in [1.165, 1.54) is 0 Å². The van der Waals surface area contributed by atoms with Gasteiger partial charge in [-0.15, -0.1) is 0 Å². The summed E-state index contributed by atoms with van der Waals surface area (Å²) in [6.45, 7) is 2.38. The van der Waals surface area contributed by atoms with Crippen molar-refractivity contribution in [2.24, 2.45) is 0 Å². The van der Waals surface area contributed by atoms with Gasteiger partial charge < -0.3 is 10.1 Å². The van der Waals surface area contributed by atoms with E-state index < -0.39 is 0 Å². The van der Waals surface area contributed by atoms with Crippen molar-refractivity contribution in [3.63, 3.8) is 0 Å². The van der Waals surface area contributed by atoms with Gasteiger partial charge in [0.05, 0.1) is 19.2 Å². The van der Waals surface area contributed by atoms with Gasteiger partial charge in [-0.25, -0.2) is 4.68 Å². The Morgan fingerprint density at radius 2 is 1.78 bits per heavy atom. The second-order valence-corrected chi connectivity index (χ2v) is 7.60. The smallest absolute Gasteiger partial charge is 0.226 e. The van der Waals surface area contributed by atoms with Gasteiger partial charge in [-0.3, -0.25) is 14.3 Å². The van der Waals surface area contributed by atoms with Gasteiger partial charge in [0.1, 0.15) is 5.75 Å². The summed E-state index contributed by atoms with van der Waals surface area (Å²) in [7, 11) is 1.63. The molecule has 0 bridgehead atoms. The standard InChI is InChI=1S/C24H23N5O2S/c1-17-7-9-19(10-8-17)29-23(20-5-3-4-6-21(20)31-2)27-28(24(29)32)16-13-22(30)26-18-11-14-25-15-12-18/h3-12,14-15H,13,16H2,1-2H3,(H,25,26,30). The third-order valence-corrected chi connectivity index (χ3v) is 5.39. The number of ether oxygens (including phenoxy) is 1. The van der Waals surface area contributed by atoms with Crippen molar-refractivity contribution < 1.29 is 9.53 Å². The Kier molecular flexibility index (Phi) is 6.42. The van der Waals surface area contributed by atoms with Crippen LogP contribution in [0.25, 0.3) is 17.1 Å². The van der Waals surface area contributed by atoms with Crippen LogP contribution < -0.4 is 10.1 Å². The van der Waals surface area contributed by atoms with Crippen molar-refractivity contribution in [2.75, 3.05) is 12.4 Å². The summed E-state index contributed by atoms with van der Waals surface area (Å²) >= 11 is 5.77.